The minimum atomic E-state index is -3.55. The Labute approximate surface area is 130 Å². The molecule has 0 amide bonds. The quantitative estimate of drug-likeness (QED) is 0.862. The van der Waals surface area contributed by atoms with Crippen molar-refractivity contribution in [3.05, 3.63) is 29.0 Å². The van der Waals surface area contributed by atoms with Gasteiger partial charge < -0.3 is 5.32 Å². The molecule has 0 spiro atoms. The number of halogens is 2. The second kappa shape index (κ2) is 5.86. The van der Waals surface area contributed by atoms with E-state index < -0.39 is 20.9 Å². The molecule has 6 heteroatoms. The fraction of sp³-hybridized carbons (Fsp3) is 0.600. The number of hydrogen-bond donors (Lipinski definition) is 1. The molecule has 1 N–H and O–H groups in total. The van der Waals surface area contributed by atoms with Crippen LogP contribution in [0.15, 0.2) is 23.1 Å². The van der Waals surface area contributed by atoms with Gasteiger partial charge in [-0.15, -0.1) is 0 Å². The summed E-state index contributed by atoms with van der Waals surface area (Å²) in [5, 5.41) is 2.43. The van der Waals surface area contributed by atoms with Crippen LogP contribution in [0.3, 0.4) is 0 Å². The number of benzene rings is 1. The van der Waals surface area contributed by atoms with Crippen LogP contribution in [-0.4, -0.2) is 26.8 Å². The van der Waals surface area contributed by atoms with Gasteiger partial charge >= 0.3 is 0 Å². The van der Waals surface area contributed by atoms with Crippen LogP contribution in [0.1, 0.15) is 33.1 Å². The Balaban J connectivity index is 2.42. The lowest BCUT2D eigenvalue weighted by Gasteiger charge is -2.40. The molecule has 0 aromatic heterocycles. The van der Waals surface area contributed by atoms with Crippen molar-refractivity contribution >= 4 is 21.4 Å². The van der Waals surface area contributed by atoms with Crippen molar-refractivity contribution in [2.24, 2.45) is 5.41 Å². The number of rotatable bonds is 3. The van der Waals surface area contributed by atoms with Crippen LogP contribution in [0, 0.1) is 11.2 Å². The van der Waals surface area contributed by atoms with Gasteiger partial charge in [-0.2, -0.15) is 0 Å². The van der Waals surface area contributed by atoms with Crippen molar-refractivity contribution < 1.29 is 12.8 Å². The zero-order valence-corrected chi connectivity index (χ0v) is 14.1. The lowest BCUT2D eigenvalue weighted by atomic mass is 9.75. The minimum Gasteiger partial charge on any atom is -0.316 e. The molecular weight excluding hydrogens is 313 g/mol. The minimum absolute atomic E-state index is 0.0189. The van der Waals surface area contributed by atoms with Crippen molar-refractivity contribution in [3.8, 4) is 0 Å². The van der Waals surface area contributed by atoms with Crippen LogP contribution in [0.25, 0.3) is 0 Å². The number of sulfone groups is 1. The molecule has 1 aromatic carbocycles. The molecule has 1 fully saturated rings. The fourth-order valence-corrected chi connectivity index (χ4v) is 5.52. The van der Waals surface area contributed by atoms with Gasteiger partial charge in [-0.05, 0) is 49.9 Å². The SMILES string of the molecule is CNC1CCC(C)(C)CC1S(=O)(=O)c1ccc(F)c(Cl)c1. The van der Waals surface area contributed by atoms with Gasteiger partial charge in [0.05, 0.1) is 15.2 Å². The monoisotopic (exact) mass is 333 g/mol. The van der Waals surface area contributed by atoms with Crippen LogP contribution in [0.5, 0.6) is 0 Å². The van der Waals surface area contributed by atoms with Crippen molar-refractivity contribution in [1.82, 2.24) is 5.32 Å². The smallest absolute Gasteiger partial charge is 0.182 e. The molecule has 1 aliphatic carbocycles. The molecule has 3 nitrogen and oxygen atoms in total. The highest BCUT2D eigenvalue weighted by Crippen LogP contribution is 2.40. The highest BCUT2D eigenvalue weighted by Gasteiger charge is 2.42. The Morgan fingerprint density at radius 1 is 1.38 bits per heavy atom. The highest BCUT2D eigenvalue weighted by atomic mass is 35.5. The van der Waals surface area contributed by atoms with Crippen molar-refractivity contribution in [3.63, 3.8) is 0 Å². The molecule has 2 rings (SSSR count). The first-order valence-electron chi connectivity index (χ1n) is 7.03. The first-order chi connectivity index (χ1) is 9.67. The fourth-order valence-electron chi connectivity index (χ4n) is 3.01. The van der Waals surface area contributed by atoms with E-state index in [-0.39, 0.29) is 21.4 Å². The van der Waals surface area contributed by atoms with E-state index in [1.165, 1.54) is 12.1 Å². The summed E-state index contributed by atoms with van der Waals surface area (Å²) in [6.45, 7) is 4.16. The third-order valence-corrected chi connectivity index (χ3v) is 6.82. The average molecular weight is 334 g/mol. The Kier molecular flexibility index (Phi) is 4.66. The molecule has 2 unspecified atom stereocenters. The van der Waals surface area contributed by atoms with Crippen molar-refractivity contribution in [2.75, 3.05) is 7.05 Å². The second-order valence-corrected chi connectivity index (χ2v) is 9.04. The lowest BCUT2D eigenvalue weighted by molar-refractivity contribution is 0.213. The number of nitrogens with one attached hydrogen (secondary N) is 1. The molecule has 2 atom stereocenters. The summed E-state index contributed by atoms with van der Waals surface area (Å²) in [5.41, 5.74) is -0.0189. The summed E-state index contributed by atoms with van der Waals surface area (Å²) in [6.07, 6.45) is 2.37. The third kappa shape index (κ3) is 3.41. The van der Waals surface area contributed by atoms with Gasteiger partial charge in [0.25, 0.3) is 0 Å². The molecule has 0 heterocycles. The summed E-state index contributed by atoms with van der Waals surface area (Å²) in [4.78, 5) is 0.0943. The van der Waals surface area contributed by atoms with Gasteiger partial charge in [-0.3, -0.25) is 0 Å². The molecule has 0 bridgehead atoms. The van der Waals surface area contributed by atoms with Crippen LogP contribution >= 0.6 is 11.6 Å². The Morgan fingerprint density at radius 2 is 2.05 bits per heavy atom. The maximum Gasteiger partial charge on any atom is 0.182 e. The predicted octanol–water partition coefficient (Wildman–Crippen LogP) is 3.42. The predicted molar refractivity (Wildman–Crippen MR) is 82.9 cm³/mol. The summed E-state index contributed by atoms with van der Waals surface area (Å²) < 4.78 is 39.0. The summed E-state index contributed by atoms with van der Waals surface area (Å²) >= 11 is 5.73. The molecule has 0 radical (unpaired) electrons. The largest absolute Gasteiger partial charge is 0.316 e. The van der Waals surface area contributed by atoms with Gasteiger partial charge in [0.2, 0.25) is 0 Å². The standard InChI is InChI=1S/C15H21ClFNO2S/c1-15(2)7-6-13(18-3)14(9-15)21(19,20)10-4-5-12(17)11(16)8-10/h4-5,8,13-14,18H,6-7,9H2,1-3H3. The van der Waals surface area contributed by atoms with E-state index in [2.05, 4.69) is 19.2 Å². The maximum atomic E-state index is 13.3. The lowest BCUT2D eigenvalue weighted by Crippen LogP contribution is -2.48. The van der Waals surface area contributed by atoms with E-state index in [9.17, 15) is 12.8 Å². The zero-order chi connectivity index (χ0) is 15.8. The molecular formula is C15H21ClFNO2S. The molecule has 21 heavy (non-hydrogen) atoms. The Morgan fingerprint density at radius 3 is 2.62 bits per heavy atom. The van der Waals surface area contributed by atoms with Crippen LogP contribution in [-0.2, 0) is 9.84 Å². The van der Waals surface area contributed by atoms with E-state index in [0.717, 1.165) is 18.9 Å². The van der Waals surface area contributed by atoms with Crippen molar-refractivity contribution in [2.45, 2.75) is 49.3 Å². The van der Waals surface area contributed by atoms with E-state index in [0.29, 0.717) is 6.42 Å². The second-order valence-electron chi connectivity index (χ2n) is 6.46. The first-order valence-corrected chi connectivity index (χ1v) is 8.96. The molecule has 0 saturated heterocycles. The average Bonchev–Trinajstić information content (AvgIpc) is 2.41. The molecule has 1 aromatic rings. The van der Waals surface area contributed by atoms with Gasteiger partial charge in [0.1, 0.15) is 5.82 Å². The van der Waals surface area contributed by atoms with E-state index >= 15 is 0 Å². The van der Waals surface area contributed by atoms with E-state index in [4.69, 9.17) is 11.6 Å². The van der Waals surface area contributed by atoms with Gasteiger partial charge in [-0.25, -0.2) is 12.8 Å². The molecule has 1 aliphatic rings. The Bertz CT molecular complexity index is 631. The summed E-state index contributed by atoms with van der Waals surface area (Å²) in [7, 11) is -1.77. The van der Waals surface area contributed by atoms with Crippen LogP contribution < -0.4 is 5.32 Å². The van der Waals surface area contributed by atoms with E-state index in [1.807, 2.05) is 0 Å². The van der Waals surface area contributed by atoms with Gasteiger partial charge in [0, 0.05) is 6.04 Å². The van der Waals surface area contributed by atoms with Gasteiger partial charge in [0.15, 0.2) is 9.84 Å². The Hall–Kier alpha value is -0.650. The summed E-state index contributed by atoms with van der Waals surface area (Å²) in [5.74, 6) is -0.607. The normalized spacial score (nSPS) is 25.8. The molecule has 1 saturated carbocycles. The van der Waals surface area contributed by atoms with Gasteiger partial charge in [-0.1, -0.05) is 25.4 Å². The first kappa shape index (κ1) is 16.7. The highest BCUT2D eigenvalue weighted by molar-refractivity contribution is 7.92. The van der Waals surface area contributed by atoms with E-state index in [1.54, 1.807) is 7.05 Å². The van der Waals surface area contributed by atoms with Crippen LogP contribution in [0.4, 0.5) is 4.39 Å². The van der Waals surface area contributed by atoms with Crippen molar-refractivity contribution in [1.29, 1.82) is 0 Å². The van der Waals surface area contributed by atoms with Crippen LogP contribution in [0.2, 0.25) is 5.02 Å². The zero-order valence-electron chi connectivity index (χ0n) is 12.5. The maximum absolute atomic E-state index is 13.3. The molecule has 0 aliphatic heterocycles. The summed E-state index contributed by atoms with van der Waals surface area (Å²) in [6, 6.07) is 3.52. The number of hydrogen-bond acceptors (Lipinski definition) is 3. The third-order valence-electron chi connectivity index (χ3n) is 4.32. The molecule has 118 valence electrons. The topological polar surface area (TPSA) is 46.2 Å².